The molecule has 5 nitrogen and oxygen atoms in total. The molecule has 37 heavy (non-hydrogen) atoms. The molecule has 4 aromatic rings. The fourth-order valence-corrected chi connectivity index (χ4v) is 4.75. The molecule has 194 valence electrons. The topological polar surface area (TPSA) is 33.1 Å². The standard InChI is InChI=1S/C30H34N4O.2HI/c1-6-34(5,7-2)21-22-14-16-23(17-15-22)27-19-24(25-11-8-9-12-26(25)33(27)4)20-29-31-30-28(35-29)13-10-18-32(30)3;;/h8-20H,6-7,21H2,1-5H3;2*1H/q+2;;. The van der Waals surface area contributed by atoms with Crippen molar-refractivity contribution in [3.8, 4) is 0 Å². The third-order valence-corrected chi connectivity index (χ3v) is 7.39. The highest BCUT2D eigenvalue weighted by Gasteiger charge is 2.23. The van der Waals surface area contributed by atoms with Crippen LogP contribution in [0.4, 0.5) is 5.69 Å². The number of benzene rings is 2. The van der Waals surface area contributed by atoms with E-state index >= 15 is 0 Å². The van der Waals surface area contributed by atoms with Crippen LogP contribution in [0.3, 0.4) is 0 Å². The summed E-state index contributed by atoms with van der Waals surface area (Å²) in [6, 6.07) is 21.5. The van der Waals surface area contributed by atoms with Crippen LogP contribution in [-0.2, 0) is 13.6 Å². The molecule has 7 heteroatoms. The molecule has 0 saturated heterocycles. The molecule has 2 aromatic heterocycles. The van der Waals surface area contributed by atoms with Crippen LogP contribution >= 0.6 is 48.0 Å². The van der Waals surface area contributed by atoms with Gasteiger partial charge in [0.25, 0.3) is 0 Å². The molecule has 0 spiro atoms. The Morgan fingerprint density at radius 2 is 1.68 bits per heavy atom. The van der Waals surface area contributed by atoms with E-state index in [1.54, 1.807) is 0 Å². The first kappa shape index (κ1) is 29.3. The number of hydrogen-bond donors (Lipinski definition) is 0. The Morgan fingerprint density at radius 3 is 2.35 bits per heavy atom. The Bertz CT molecular complexity index is 1440. The first-order chi connectivity index (χ1) is 16.9. The van der Waals surface area contributed by atoms with Gasteiger partial charge in [0, 0.05) is 40.6 Å². The molecule has 0 atom stereocenters. The van der Waals surface area contributed by atoms with Gasteiger partial charge in [-0.05, 0) is 49.3 Å². The number of pyridine rings is 1. The highest BCUT2D eigenvalue weighted by molar-refractivity contribution is 14.0. The fourth-order valence-electron chi connectivity index (χ4n) is 4.75. The molecule has 0 aliphatic carbocycles. The molecule has 0 N–H and O–H groups in total. The Balaban J connectivity index is 0.00000190. The third kappa shape index (κ3) is 5.93. The summed E-state index contributed by atoms with van der Waals surface area (Å²) in [5.74, 6) is 0.610. The van der Waals surface area contributed by atoms with Crippen molar-refractivity contribution in [3.05, 3.63) is 95.5 Å². The summed E-state index contributed by atoms with van der Waals surface area (Å²) >= 11 is 0. The van der Waals surface area contributed by atoms with Crippen molar-refractivity contribution >= 4 is 82.2 Å². The molecule has 1 aliphatic heterocycles. The van der Waals surface area contributed by atoms with Crippen molar-refractivity contribution in [1.29, 1.82) is 0 Å². The monoisotopic (exact) mass is 722 g/mol. The molecule has 0 saturated carbocycles. The molecular formula is C30H36I2N4O+2. The Morgan fingerprint density at radius 1 is 0.973 bits per heavy atom. The van der Waals surface area contributed by atoms with E-state index in [0.29, 0.717) is 5.89 Å². The van der Waals surface area contributed by atoms with Crippen LogP contribution in [0.5, 0.6) is 0 Å². The number of oxazole rings is 1. The van der Waals surface area contributed by atoms with Crippen LogP contribution in [-0.4, -0.2) is 36.7 Å². The number of rotatable bonds is 6. The van der Waals surface area contributed by atoms with E-state index in [-0.39, 0.29) is 48.0 Å². The quantitative estimate of drug-likeness (QED) is 0.123. The minimum Gasteiger partial charge on any atom is -0.411 e. The van der Waals surface area contributed by atoms with Gasteiger partial charge in [-0.2, -0.15) is 0 Å². The molecule has 2 aromatic carbocycles. The summed E-state index contributed by atoms with van der Waals surface area (Å²) in [6.07, 6.45) is 6.27. The lowest BCUT2D eigenvalue weighted by molar-refractivity contribution is -0.919. The zero-order chi connectivity index (χ0) is 24.6. The molecule has 0 radical (unpaired) electrons. The van der Waals surface area contributed by atoms with Gasteiger partial charge in [0.15, 0.2) is 0 Å². The van der Waals surface area contributed by atoms with E-state index in [1.165, 1.54) is 22.4 Å². The predicted octanol–water partition coefficient (Wildman–Crippen LogP) is 6.91. The summed E-state index contributed by atoms with van der Waals surface area (Å²) in [5.41, 5.74) is 8.78. The maximum atomic E-state index is 6.06. The van der Waals surface area contributed by atoms with Crippen LogP contribution < -0.4 is 9.47 Å². The number of anilines is 1. The molecular weight excluding hydrogens is 686 g/mol. The number of quaternary nitrogens is 1. The Hall–Kier alpha value is -2.24. The number of aryl methyl sites for hydroxylation is 1. The molecule has 1 aliphatic rings. The molecule has 5 rings (SSSR count). The highest BCUT2D eigenvalue weighted by Crippen LogP contribution is 2.39. The van der Waals surface area contributed by atoms with Gasteiger partial charge in [0.1, 0.15) is 6.54 Å². The van der Waals surface area contributed by atoms with Gasteiger partial charge in [-0.15, -0.1) is 48.0 Å². The van der Waals surface area contributed by atoms with Gasteiger partial charge < -0.3 is 13.8 Å². The van der Waals surface area contributed by atoms with Crippen LogP contribution in [0.2, 0.25) is 0 Å². The minimum atomic E-state index is 0. The van der Waals surface area contributed by atoms with E-state index in [2.05, 4.69) is 87.4 Å². The summed E-state index contributed by atoms with van der Waals surface area (Å²) in [6.45, 7) is 7.84. The summed E-state index contributed by atoms with van der Waals surface area (Å²) in [5, 5.41) is 0. The lowest BCUT2D eigenvalue weighted by Gasteiger charge is -2.32. The van der Waals surface area contributed by atoms with Gasteiger partial charge in [-0.25, -0.2) is 4.57 Å². The maximum absolute atomic E-state index is 6.06. The van der Waals surface area contributed by atoms with Crippen molar-refractivity contribution in [3.63, 3.8) is 0 Å². The number of nitrogens with zero attached hydrogens (tertiary/aromatic N) is 4. The second-order valence-electron chi connectivity index (χ2n) is 9.67. The molecule has 0 bridgehead atoms. The third-order valence-electron chi connectivity index (χ3n) is 7.39. The Labute approximate surface area is 254 Å². The van der Waals surface area contributed by atoms with E-state index in [9.17, 15) is 0 Å². The fraction of sp³-hybridized carbons (Fsp3) is 0.267. The van der Waals surface area contributed by atoms with E-state index < -0.39 is 0 Å². The van der Waals surface area contributed by atoms with E-state index in [4.69, 9.17) is 9.40 Å². The molecule has 0 unspecified atom stereocenters. The number of aromatic nitrogens is 2. The van der Waals surface area contributed by atoms with Gasteiger partial charge in [-0.3, -0.25) is 0 Å². The zero-order valence-electron chi connectivity index (χ0n) is 22.1. The Kier molecular flexibility index (Phi) is 9.57. The zero-order valence-corrected chi connectivity index (χ0v) is 26.8. The largest absolute Gasteiger partial charge is 0.411 e. The highest BCUT2D eigenvalue weighted by atomic mass is 127. The summed E-state index contributed by atoms with van der Waals surface area (Å²) < 4.78 is 9.09. The van der Waals surface area contributed by atoms with Crippen LogP contribution in [0.1, 0.15) is 36.4 Å². The average Bonchev–Trinajstić information content (AvgIpc) is 3.30. The van der Waals surface area contributed by atoms with Crippen molar-refractivity contribution < 1.29 is 13.5 Å². The second-order valence-corrected chi connectivity index (χ2v) is 9.67. The van der Waals surface area contributed by atoms with Gasteiger partial charge in [0.05, 0.1) is 33.4 Å². The smallest absolute Gasteiger partial charge is 0.370 e. The first-order valence-electron chi connectivity index (χ1n) is 12.4. The number of hydrogen-bond acceptors (Lipinski definition) is 3. The van der Waals surface area contributed by atoms with Crippen molar-refractivity contribution in [2.45, 2.75) is 20.4 Å². The van der Waals surface area contributed by atoms with Crippen molar-refractivity contribution in [2.75, 3.05) is 32.1 Å². The number of halogens is 2. The van der Waals surface area contributed by atoms with E-state index in [1.807, 2.05) is 36.0 Å². The predicted molar refractivity (Wildman–Crippen MR) is 174 cm³/mol. The lowest BCUT2D eigenvalue weighted by atomic mass is 9.94. The van der Waals surface area contributed by atoms with Crippen molar-refractivity contribution in [2.24, 2.45) is 7.05 Å². The first-order valence-corrected chi connectivity index (χ1v) is 12.4. The summed E-state index contributed by atoms with van der Waals surface area (Å²) in [4.78, 5) is 7.00. The molecule has 3 heterocycles. The molecule has 0 amide bonds. The number of fused-ring (bicyclic) bond motifs is 2. The SMILES string of the molecule is CC[N+](C)(CC)Cc1ccc(C2=C/C(=C\c3nc4c(ccc[n+]4C)o3)c3ccccc3N2C)cc1.I.I. The molecule has 0 fully saturated rings. The average molecular weight is 722 g/mol. The van der Waals surface area contributed by atoms with Crippen LogP contribution in [0.25, 0.3) is 28.6 Å². The van der Waals surface area contributed by atoms with Crippen LogP contribution in [0.15, 0.2) is 77.4 Å². The number of allylic oxidation sites excluding steroid dienone is 2. The number of para-hydroxylation sites is 1. The van der Waals surface area contributed by atoms with E-state index in [0.717, 1.165) is 46.6 Å². The normalized spacial score (nSPS) is 14.1. The van der Waals surface area contributed by atoms with Gasteiger partial charge >= 0.3 is 11.5 Å². The minimum absolute atomic E-state index is 0. The van der Waals surface area contributed by atoms with Crippen LogP contribution in [0, 0.1) is 0 Å². The van der Waals surface area contributed by atoms with Gasteiger partial charge in [0.2, 0.25) is 5.58 Å². The van der Waals surface area contributed by atoms with Crippen molar-refractivity contribution in [1.82, 2.24) is 4.98 Å². The van der Waals surface area contributed by atoms with Gasteiger partial charge in [-0.1, -0.05) is 42.5 Å². The second kappa shape index (κ2) is 12.1. The summed E-state index contributed by atoms with van der Waals surface area (Å²) in [7, 11) is 6.44. The lowest BCUT2D eigenvalue weighted by Crippen LogP contribution is -2.42. The maximum Gasteiger partial charge on any atom is 0.370 e.